The second-order valence-corrected chi connectivity index (χ2v) is 6.98. The zero-order valence-electron chi connectivity index (χ0n) is 11.4. The highest BCUT2D eigenvalue weighted by molar-refractivity contribution is 9.10. The van der Waals surface area contributed by atoms with Crippen LogP contribution >= 0.6 is 15.9 Å². The lowest BCUT2D eigenvalue weighted by molar-refractivity contribution is 0.401. The van der Waals surface area contributed by atoms with Crippen molar-refractivity contribution in [2.75, 3.05) is 13.7 Å². The number of hydrogen-bond acceptors (Lipinski definition) is 3. The lowest BCUT2D eigenvalue weighted by Crippen LogP contribution is -2.29. The molecule has 1 aromatic rings. The SMILES string of the molecule is CCC(CC)CNS(=O)(=O)c1cc(Br)ccc1OC. The Labute approximate surface area is 123 Å². The van der Waals surface area contributed by atoms with Crippen LogP contribution in [0.1, 0.15) is 26.7 Å². The second-order valence-electron chi connectivity index (χ2n) is 4.33. The van der Waals surface area contributed by atoms with E-state index in [0.29, 0.717) is 22.7 Å². The lowest BCUT2D eigenvalue weighted by Gasteiger charge is -2.15. The van der Waals surface area contributed by atoms with Gasteiger partial charge in [-0.05, 0) is 24.1 Å². The molecule has 0 aliphatic carbocycles. The largest absolute Gasteiger partial charge is 0.495 e. The molecule has 0 aromatic heterocycles. The molecule has 1 rings (SSSR count). The van der Waals surface area contributed by atoms with Crippen LogP contribution in [-0.4, -0.2) is 22.1 Å². The molecule has 1 N–H and O–H groups in total. The van der Waals surface area contributed by atoms with Crippen LogP contribution in [-0.2, 0) is 10.0 Å². The van der Waals surface area contributed by atoms with Gasteiger partial charge in [-0.25, -0.2) is 13.1 Å². The zero-order valence-corrected chi connectivity index (χ0v) is 13.8. The first-order chi connectivity index (χ1) is 8.94. The molecule has 0 fully saturated rings. The van der Waals surface area contributed by atoms with Crippen molar-refractivity contribution in [2.45, 2.75) is 31.6 Å². The number of hydrogen-bond donors (Lipinski definition) is 1. The van der Waals surface area contributed by atoms with Crippen molar-refractivity contribution in [3.63, 3.8) is 0 Å². The van der Waals surface area contributed by atoms with Gasteiger partial charge in [-0.3, -0.25) is 0 Å². The van der Waals surface area contributed by atoms with E-state index in [0.717, 1.165) is 12.8 Å². The van der Waals surface area contributed by atoms with E-state index >= 15 is 0 Å². The molecule has 0 radical (unpaired) electrons. The average molecular weight is 350 g/mol. The highest BCUT2D eigenvalue weighted by Gasteiger charge is 2.20. The minimum atomic E-state index is -3.55. The smallest absolute Gasteiger partial charge is 0.244 e. The highest BCUT2D eigenvalue weighted by Crippen LogP contribution is 2.27. The van der Waals surface area contributed by atoms with E-state index in [2.05, 4.69) is 34.5 Å². The fraction of sp³-hybridized carbons (Fsp3) is 0.538. The summed E-state index contributed by atoms with van der Waals surface area (Å²) in [5.41, 5.74) is 0. The average Bonchev–Trinajstić information content (AvgIpc) is 2.39. The van der Waals surface area contributed by atoms with Crippen molar-refractivity contribution in [1.29, 1.82) is 0 Å². The van der Waals surface area contributed by atoms with Gasteiger partial charge < -0.3 is 4.74 Å². The maximum absolute atomic E-state index is 12.3. The molecule has 0 saturated carbocycles. The third kappa shape index (κ3) is 4.47. The Kier molecular flexibility index (Phi) is 6.29. The molecule has 1 aromatic carbocycles. The van der Waals surface area contributed by atoms with E-state index in [4.69, 9.17) is 4.74 Å². The molecule has 0 amide bonds. The summed E-state index contributed by atoms with van der Waals surface area (Å²) in [6.45, 7) is 4.56. The fourth-order valence-corrected chi connectivity index (χ4v) is 3.56. The number of methoxy groups -OCH3 is 1. The Balaban J connectivity index is 2.97. The fourth-order valence-electron chi connectivity index (χ4n) is 1.74. The Morgan fingerprint density at radius 1 is 1.32 bits per heavy atom. The predicted molar refractivity (Wildman–Crippen MR) is 80.0 cm³/mol. The number of sulfonamides is 1. The molecule has 108 valence electrons. The summed E-state index contributed by atoms with van der Waals surface area (Å²) in [5, 5.41) is 0. The van der Waals surface area contributed by atoms with E-state index in [1.807, 2.05) is 0 Å². The molecule has 4 nitrogen and oxygen atoms in total. The predicted octanol–water partition coefficient (Wildman–Crippen LogP) is 3.17. The third-order valence-corrected chi connectivity index (χ3v) is 5.07. The standard InChI is InChI=1S/C13H20BrNO3S/c1-4-10(5-2)9-15-19(16,17)13-8-11(14)6-7-12(13)18-3/h6-8,10,15H,4-5,9H2,1-3H3. The normalized spacial score (nSPS) is 11.8. The molecule has 0 aliphatic rings. The lowest BCUT2D eigenvalue weighted by atomic mass is 10.0. The molecule has 0 saturated heterocycles. The monoisotopic (exact) mass is 349 g/mol. The van der Waals surface area contributed by atoms with Crippen LogP contribution in [0.3, 0.4) is 0 Å². The van der Waals surface area contributed by atoms with E-state index < -0.39 is 10.0 Å². The Bertz CT molecular complexity index is 513. The van der Waals surface area contributed by atoms with Crippen molar-refractivity contribution < 1.29 is 13.2 Å². The molecular formula is C13H20BrNO3S. The molecule has 0 aliphatic heterocycles. The molecule has 0 unspecified atom stereocenters. The van der Waals surface area contributed by atoms with Crippen LogP contribution in [0.15, 0.2) is 27.6 Å². The Hall–Kier alpha value is -0.590. The van der Waals surface area contributed by atoms with Crippen molar-refractivity contribution >= 4 is 26.0 Å². The van der Waals surface area contributed by atoms with Gasteiger partial charge in [0.15, 0.2) is 0 Å². The Morgan fingerprint density at radius 2 is 1.95 bits per heavy atom. The first-order valence-corrected chi connectivity index (χ1v) is 8.55. The second kappa shape index (κ2) is 7.26. The van der Waals surface area contributed by atoms with Crippen LogP contribution in [0.2, 0.25) is 0 Å². The van der Waals surface area contributed by atoms with Gasteiger partial charge in [0.05, 0.1) is 7.11 Å². The molecule has 6 heteroatoms. The van der Waals surface area contributed by atoms with Gasteiger partial charge in [-0.2, -0.15) is 0 Å². The van der Waals surface area contributed by atoms with E-state index in [-0.39, 0.29) is 4.90 Å². The molecule has 0 spiro atoms. The molecule has 0 bridgehead atoms. The number of ether oxygens (including phenoxy) is 1. The van der Waals surface area contributed by atoms with E-state index in [1.54, 1.807) is 18.2 Å². The highest BCUT2D eigenvalue weighted by atomic mass is 79.9. The van der Waals surface area contributed by atoms with Crippen LogP contribution in [0.4, 0.5) is 0 Å². The molecule has 19 heavy (non-hydrogen) atoms. The van der Waals surface area contributed by atoms with Crippen molar-refractivity contribution in [1.82, 2.24) is 4.72 Å². The topological polar surface area (TPSA) is 55.4 Å². The van der Waals surface area contributed by atoms with Gasteiger partial charge in [0.25, 0.3) is 0 Å². The van der Waals surface area contributed by atoms with Gasteiger partial charge in [0, 0.05) is 11.0 Å². The zero-order chi connectivity index (χ0) is 14.5. The number of nitrogens with one attached hydrogen (secondary N) is 1. The summed E-state index contributed by atoms with van der Waals surface area (Å²) < 4.78 is 33.0. The summed E-state index contributed by atoms with van der Waals surface area (Å²) >= 11 is 3.28. The minimum Gasteiger partial charge on any atom is -0.495 e. The van der Waals surface area contributed by atoms with Gasteiger partial charge in [0.1, 0.15) is 10.6 Å². The van der Waals surface area contributed by atoms with Gasteiger partial charge in [-0.1, -0.05) is 42.6 Å². The summed E-state index contributed by atoms with van der Waals surface area (Å²) in [4.78, 5) is 0.162. The first-order valence-electron chi connectivity index (χ1n) is 6.27. The summed E-state index contributed by atoms with van der Waals surface area (Å²) in [6, 6.07) is 4.93. The van der Waals surface area contributed by atoms with Gasteiger partial charge in [-0.15, -0.1) is 0 Å². The number of benzene rings is 1. The van der Waals surface area contributed by atoms with Gasteiger partial charge >= 0.3 is 0 Å². The van der Waals surface area contributed by atoms with Crippen LogP contribution in [0.5, 0.6) is 5.75 Å². The molecular weight excluding hydrogens is 330 g/mol. The summed E-state index contributed by atoms with van der Waals surface area (Å²) in [5.74, 6) is 0.702. The quantitative estimate of drug-likeness (QED) is 0.822. The maximum Gasteiger partial charge on any atom is 0.244 e. The third-order valence-electron chi connectivity index (χ3n) is 3.13. The van der Waals surface area contributed by atoms with E-state index in [1.165, 1.54) is 7.11 Å². The summed E-state index contributed by atoms with van der Waals surface area (Å²) in [6.07, 6.45) is 1.91. The van der Waals surface area contributed by atoms with Crippen molar-refractivity contribution in [3.8, 4) is 5.75 Å². The maximum atomic E-state index is 12.3. The molecule has 0 atom stereocenters. The van der Waals surface area contributed by atoms with Crippen LogP contribution in [0, 0.1) is 5.92 Å². The van der Waals surface area contributed by atoms with Crippen molar-refractivity contribution in [2.24, 2.45) is 5.92 Å². The minimum absolute atomic E-state index is 0.162. The first kappa shape index (κ1) is 16.5. The molecule has 0 heterocycles. The Morgan fingerprint density at radius 3 is 2.47 bits per heavy atom. The van der Waals surface area contributed by atoms with E-state index in [9.17, 15) is 8.42 Å². The van der Waals surface area contributed by atoms with Crippen LogP contribution < -0.4 is 9.46 Å². The van der Waals surface area contributed by atoms with Crippen molar-refractivity contribution in [3.05, 3.63) is 22.7 Å². The number of halogens is 1. The van der Waals surface area contributed by atoms with Crippen LogP contribution in [0.25, 0.3) is 0 Å². The summed E-state index contributed by atoms with van der Waals surface area (Å²) in [7, 11) is -2.08. The number of rotatable bonds is 7. The van der Waals surface area contributed by atoms with Gasteiger partial charge in [0.2, 0.25) is 10.0 Å².